The quantitative estimate of drug-likeness (QED) is 0.860. The zero-order chi connectivity index (χ0) is 13.7. The van der Waals surface area contributed by atoms with Gasteiger partial charge in [-0.1, -0.05) is 30.3 Å². The highest BCUT2D eigenvalue weighted by molar-refractivity contribution is 5.15. The Morgan fingerprint density at radius 3 is 2.68 bits per heavy atom. The van der Waals surface area contributed by atoms with E-state index in [0.717, 1.165) is 25.1 Å². The third-order valence-electron chi connectivity index (χ3n) is 3.00. The highest BCUT2D eigenvalue weighted by Crippen LogP contribution is 2.07. The lowest BCUT2D eigenvalue weighted by atomic mass is 10.1. The van der Waals surface area contributed by atoms with Crippen LogP contribution >= 0.6 is 0 Å². The summed E-state index contributed by atoms with van der Waals surface area (Å²) in [5, 5.41) is 0. The van der Waals surface area contributed by atoms with Crippen LogP contribution in [-0.2, 0) is 12.8 Å². The molecule has 0 radical (unpaired) electrons. The van der Waals surface area contributed by atoms with Crippen LogP contribution in [0.3, 0.4) is 0 Å². The lowest BCUT2D eigenvalue weighted by Crippen LogP contribution is -2.17. The van der Waals surface area contributed by atoms with E-state index < -0.39 is 0 Å². The first-order valence-corrected chi connectivity index (χ1v) is 6.55. The summed E-state index contributed by atoms with van der Waals surface area (Å²) < 4.78 is 0. The van der Waals surface area contributed by atoms with Crippen molar-refractivity contribution in [3.8, 4) is 0 Å². The number of rotatable bonds is 5. The van der Waals surface area contributed by atoms with Crippen LogP contribution < -0.4 is 11.3 Å². The third-order valence-corrected chi connectivity index (χ3v) is 3.00. The normalized spacial score (nSPS) is 12.3. The fraction of sp³-hybridized carbons (Fsp3) is 0.333. The van der Waals surface area contributed by atoms with Crippen molar-refractivity contribution in [3.05, 3.63) is 63.8 Å². The minimum absolute atomic E-state index is 0.128. The van der Waals surface area contributed by atoms with Crippen LogP contribution in [0.2, 0.25) is 0 Å². The van der Waals surface area contributed by atoms with E-state index in [1.165, 1.54) is 11.6 Å². The van der Waals surface area contributed by atoms with Crippen molar-refractivity contribution >= 4 is 0 Å². The summed E-state index contributed by atoms with van der Waals surface area (Å²) in [7, 11) is 0. The molecule has 0 amide bonds. The summed E-state index contributed by atoms with van der Waals surface area (Å²) in [5.74, 6) is 0.718. The van der Waals surface area contributed by atoms with Crippen LogP contribution in [-0.4, -0.2) is 9.97 Å². The molecule has 0 aliphatic heterocycles. The second-order valence-corrected chi connectivity index (χ2v) is 4.74. The largest absolute Gasteiger partial charge is 0.323 e. The Balaban J connectivity index is 1.98. The van der Waals surface area contributed by atoms with Crippen molar-refractivity contribution in [2.24, 2.45) is 5.73 Å². The molecule has 1 aromatic heterocycles. The van der Waals surface area contributed by atoms with E-state index in [1.54, 1.807) is 0 Å². The van der Waals surface area contributed by atoms with Gasteiger partial charge in [0.15, 0.2) is 0 Å². The van der Waals surface area contributed by atoms with Gasteiger partial charge in [0.25, 0.3) is 5.56 Å². The number of aromatic amines is 1. The molecule has 0 saturated carbocycles. The van der Waals surface area contributed by atoms with Gasteiger partial charge in [-0.05, 0) is 25.3 Å². The molecule has 0 saturated heterocycles. The van der Waals surface area contributed by atoms with E-state index >= 15 is 0 Å². The average Bonchev–Trinajstić information content (AvgIpc) is 2.39. The van der Waals surface area contributed by atoms with Gasteiger partial charge in [0, 0.05) is 18.5 Å². The van der Waals surface area contributed by atoms with Gasteiger partial charge in [-0.2, -0.15) is 0 Å². The monoisotopic (exact) mass is 257 g/mol. The van der Waals surface area contributed by atoms with Gasteiger partial charge in [-0.15, -0.1) is 0 Å². The Kier molecular flexibility index (Phi) is 4.47. The van der Waals surface area contributed by atoms with Gasteiger partial charge in [-0.3, -0.25) is 4.79 Å². The summed E-state index contributed by atoms with van der Waals surface area (Å²) in [5.41, 5.74) is 7.58. The molecular weight excluding hydrogens is 238 g/mol. The number of hydrogen-bond donors (Lipinski definition) is 2. The van der Waals surface area contributed by atoms with Gasteiger partial charge in [0.05, 0.1) is 5.69 Å². The van der Waals surface area contributed by atoms with E-state index in [0.29, 0.717) is 5.69 Å². The van der Waals surface area contributed by atoms with Crippen molar-refractivity contribution in [1.82, 2.24) is 9.97 Å². The maximum atomic E-state index is 11.5. The maximum Gasteiger partial charge on any atom is 0.251 e. The minimum atomic E-state index is -0.213. The third kappa shape index (κ3) is 4.03. The SMILES string of the molecule is CC(N)c1cc(=O)[nH]c(CCCc2ccccc2)n1. The molecular formula is C15H19N3O. The van der Waals surface area contributed by atoms with Gasteiger partial charge >= 0.3 is 0 Å². The van der Waals surface area contributed by atoms with Crippen LogP contribution in [0.4, 0.5) is 0 Å². The van der Waals surface area contributed by atoms with Crippen molar-refractivity contribution < 1.29 is 0 Å². The molecule has 0 aliphatic carbocycles. The van der Waals surface area contributed by atoms with Gasteiger partial charge in [0.2, 0.25) is 0 Å². The zero-order valence-electron chi connectivity index (χ0n) is 11.1. The number of hydrogen-bond acceptors (Lipinski definition) is 3. The highest BCUT2D eigenvalue weighted by Gasteiger charge is 2.05. The highest BCUT2D eigenvalue weighted by atomic mass is 16.1. The molecule has 1 unspecified atom stereocenters. The van der Waals surface area contributed by atoms with Crippen molar-refractivity contribution in [3.63, 3.8) is 0 Å². The molecule has 3 N–H and O–H groups in total. The van der Waals surface area contributed by atoms with Gasteiger partial charge in [-0.25, -0.2) is 4.98 Å². The molecule has 0 fully saturated rings. The van der Waals surface area contributed by atoms with Crippen LogP contribution in [0.25, 0.3) is 0 Å². The number of nitrogens with one attached hydrogen (secondary N) is 1. The van der Waals surface area contributed by atoms with E-state index in [1.807, 2.05) is 25.1 Å². The summed E-state index contributed by atoms with van der Waals surface area (Å²) in [6.07, 6.45) is 2.69. The number of aryl methyl sites for hydroxylation is 2. The van der Waals surface area contributed by atoms with Gasteiger partial charge in [0.1, 0.15) is 5.82 Å². The fourth-order valence-electron chi connectivity index (χ4n) is 1.98. The Morgan fingerprint density at radius 1 is 1.26 bits per heavy atom. The summed E-state index contributed by atoms with van der Waals surface area (Å²) >= 11 is 0. The molecule has 1 atom stereocenters. The number of nitrogens with two attached hydrogens (primary N) is 1. The molecule has 0 bridgehead atoms. The standard InChI is InChI=1S/C15H19N3O/c1-11(16)13-10-15(19)18-14(17-13)9-5-8-12-6-3-2-4-7-12/h2-4,6-7,10-11H,5,8-9,16H2,1H3,(H,17,18,19). The maximum absolute atomic E-state index is 11.5. The van der Waals surface area contributed by atoms with Crippen LogP contribution in [0, 0.1) is 0 Å². The summed E-state index contributed by atoms with van der Waals surface area (Å²) in [6.45, 7) is 1.83. The lowest BCUT2D eigenvalue weighted by Gasteiger charge is -2.07. The Bertz CT molecular complexity index is 575. The number of benzene rings is 1. The first-order valence-electron chi connectivity index (χ1n) is 6.55. The molecule has 1 heterocycles. The summed E-state index contributed by atoms with van der Waals surface area (Å²) in [4.78, 5) is 18.6. The Labute approximate surface area is 112 Å². The Morgan fingerprint density at radius 2 is 2.00 bits per heavy atom. The smallest absolute Gasteiger partial charge is 0.251 e. The molecule has 19 heavy (non-hydrogen) atoms. The van der Waals surface area contributed by atoms with Gasteiger partial charge < -0.3 is 10.7 Å². The second-order valence-electron chi connectivity index (χ2n) is 4.74. The second kappa shape index (κ2) is 6.29. The molecule has 1 aromatic carbocycles. The number of H-pyrrole nitrogens is 1. The van der Waals surface area contributed by atoms with Crippen molar-refractivity contribution in [2.75, 3.05) is 0 Å². The van der Waals surface area contributed by atoms with Crippen molar-refractivity contribution in [1.29, 1.82) is 0 Å². The fourth-order valence-corrected chi connectivity index (χ4v) is 1.98. The molecule has 4 heteroatoms. The zero-order valence-corrected chi connectivity index (χ0v) is 11.1. The van der Waals surface area contributed by atoms with Crippen LogP contribution in [0.5, 0.6) is 0 Å². The predicted molar refractivity (Wildman–Crippen MR) is 75.9 cm³/mol. The molecule has 4 nitrogen and oxygen atoms in total. The predicted octanol–water partition coefficient (Wildman–Crippen LogP) is 1.96. The lowest BCUT2D eigenvalue weighted by molar-refractivity contribution is 0.717. The molecule has 100 valence electrons. The molecule has 2 aromatic rings. The Hall–Kier alpha value is -1.94. The first-order chi connectivity index (χ1) is 9.15. The van der Waals surface area contributed by atoms with Crippen LogP contribution in [0.15, 0.2) is 41.2 Å². The average molecular weight is 257 g/mol. The van der Waals surface area contributed by atoms with Crippen molar-refractivity contribution in [2.45, 2.75) is 32.2 Å². The number of aromatic nitrogens is 2. The molecule has 0 aliphatic rings. The van der Waals surface area contributed by atoms with Crippen LogP contribution in [0.1, 0.15) is 36.5 Å². The topological polar surface area (TPSA) is 71.8 Å². The number of nitrogens with zero attached hydrogens (tertiary/aromatic N) is 1. The van der Waals surface area contributed by atoms with E-state index in [4.69, 9.17) is 5.73 Å². The van der Waals surface area contributed by atoms with E-state index in [2.05, 4.69) is 22.1 Å². The van der Waals surface area contributed by atoms with E-state index in [-0.39, 0.29) is 11.6 Å². The molecule has 0 spiro atoms. The van der Waals surface area contributed by atoms with E-state index in [9.17, 15) is 4.79 Å². The summed E-state index contributed by atoms with van der Waals surface area (Å²) in [6, 6.07) is 11.5. The minimum Gasteiger partial charge on any atom is -0.323 e. The molecule has 2 rings (SSSR count). The first kappa shape index (κ1) is 13.5.